The van der Waals surface area contributed by atoms with Gasteiger partial charge in [-0.25, -0.2) is 0 Å². The van der Waals surface area contributed by atoms with E-state index < -0.39 is 32.8 Å². The first-order chi connectivity index (χ1) is 21.0. The normalized spacial score (nSPS) is 15.8. The number of rotatable bonds is 21. The second-order valence-electron chi connectivity index (χ2n) is 14.4. The van der Waals surface area contributed by atoms with Gasteiger partial charge in [-0.3, -0.25) is 0 Å². The Labute approximate surface area is 277 Å². The number of hydrogen-bond donors (Lipinski definition) is 1. The monoisotopic (exact) mass is 730 g/mol. The molecule has 0 saturated heterocycles. The molecular formula is C39H66O3SiSn. The molecule has 2 aromatic carbocycles. The van der Waals surface area contributed by atoms with Crippen molar-refractivity contribution < 1.29 is 14.3 Å². The summed E-state index contributed by atoms with van der Waals surface area (Å²) in [4.78, 5) is 0. The van der Waals surface area contributed by atoms with Crippen LogP contribution >= 0.6 is 0 Å². The van der Waals surface area contributed by atoms with Crippen LogP contribution in [0, 0.1) is 11.8 Å². The third kappa shape index (κ3) is 10.8. The van der Waals surface area contributed by atoms with Crippen LogP contribution in [0.4, 0.5) is 0 Å². The molecule has 0 aliphatic carbocycles. The number of unbranched alkanes of at least 4 members (excludes halogenated alkanes) is 3. The van der Waals surface area contributed by atoms with E-state index in [-0.39, 0.29) is 23.0 Å². The van der Waals surface area contributed by atoms with E-state index in [0.29, 0.717) is 13.0 Å². The van der Waals surface area contributed by atoms with Gasteiger partial charge in [0.15, 0.2) is 0 Å². The topological polar surface area (TPSA) is 38.7 Å². The SMILES string of the molecule is CCC[CH2][Sn](/[CH]=C/C[C@H](O)[C@H](C)[C@H](OC)[C@H](C)CO[Si](c1ccccc1)(c1ccccc1)C(C)(C)C)([CH2]CCC)[CH2]CCC. The standard InChI is InChI=1S/C27H39O3Si.3C4H9.Sn/c1-8-15-25(28)22(3)26(29-7)21(2)20-30-31(27(4,5)6,23-16-11-9-12-17-23)24-18-13-10-14-19-24;3*1-3-4-2;/h1,8-14,16-19,21-22,25-26,28H,15,20H2,2-7H3;3*1,3-4H2,2H3;/t21-,22+,25+,26-;;;;/m1..../s1. The number of aliphatic hydroxyl groups excluding tert-OH is 1. The quantitative estimate of drug-likeness (QED) is 0.130. The molecule has 3 nitrogen and oxygen atoms in total. The Hall–Kier alpha value is -0.924. The summed E-state index contributed by atoms with van der Waals surface area (Å²) in [6.45, 7) is 18.9. The zero-order chi connectivity index (χ0) is 32.6. The minimum atomic E-state index is -2.63. The molecule has 0 fully saturated rings. The van der Waals surface area contributed by atoms with Crippen molar-refractivity contribution >= 4 is 37.1 Å². The Balaban J connectivity index is 2.24. The zero-order valence-corrected chi connectivity index (χ0v) is 33.6. The molecule has 0 aliphatic heterocycles. The van der Waals surface area contributed by atoms with Crippen LogP contribution in [0.25, 0.3) is 0 Å². The summed E-state index contributed by atoms with van der Waals surface area (Å²) in [5.74, 6) is 0.140. The molecule has 0 radical (unpaired) electrons. The van der Waals surface area contributed by atoms with Crippen molar-refractivity contribution in [2.75, 3.05) is 13.7 Å². The van der Waals surface area contributed by atoms with Crippen LogP contribution in [-0.2, 0) is 9.16 Å². The Bertz CT molecular complexity index is 991. The summed E-state index contributed by atoms with van der Waals surface area (Å²) in [7, 11) is -0.834. The molecule has 2 rings (SSSR count). The first kappa shape index (κ1) is 39.3. The maximum atomic E-state index is 11.5. The average molecular weight is 730 g/mol. The van der Waals surface area contributed by atoms with Crippen LogP contribution in [0.15, 0.2) is 70.8 Å². The number of hydrogen-bond acceptors (Lipinski definition) is 3. The molecule has 248 valence electrons. The van der Waals surface area contributed by atoms with Crippen LogP contribution in [0.3, 0.4) is 0 Å². The van der Waals surface area contributed by atoms with Crippen molar-refractivity contribution in [1.82, 2.24) is 0 Å². The van der Waals surface area contributed by atoms with E-state index in [1.807, 2.05) is 0 Å². The van der Waals surface area contributed by atoms with Crippen molar-refractivity contribution in [2.24, 2.45) is 11.8 Å². The van der Waals surface area contributed by atoms with Crippen LogP contribution in [0.2, 0.25) is 18.3 Å². The third-order valence-corrected chi connectivity index (χ3v) is 29.1. The second-order valence-corrected chi connectivity index (χ2v) is 31.7. The minimum absolute atomic E-state index is 0.00827. The second kappa shape index (κ2) is 19.7. The van der Waals surface area contributed by atoms with Gasteiger partial charge in [0, 0.05) is 0 Å². The van der Waals surface area contributed by atoms with Gasteiger partial charge in [0.2, 0.25) is 0 Å². The summed E-state index contributed by atoms with van der Waals surface area (Å²) in [6, 6.07) is 21.7. The van der Waals surface area contributed by atoms with Gasteiger partial charge in [-0.1, -0.05) is 36.4 Å². The van der Waals surface area contributed by atoms with Crippen molar-refractivity contribution in [1.29, 1.82) is 0 Å². The van der Waals surface area contributed by atoms with Gasteiger partial charge in [-0.2, -0.15) is 0 Å². The van der Waals surface area contributed by atoms with Gasteiger partial charge in [0.25, 0.3) is 0 Å². The van der Waals surface area contributed by atoms with Crippen molar-refractivity contribution in [3.63, 3.8) is 0 Å². The van der Waals surface area contributed by atoms with Gasteiger partial charge >= 0.3 is 242 Å². The Kier molecular flexibility index (Phi) is 17.5. The fourth-order valence-electron chi connectivity index (χ4n) is 7.18. The molecule has 2 aromatic rings. The molecular weight excluding hydrogens is 663 g/mol. The summed E-state index contributed by atoms with van der Waals surface area (Å²) < 4.78 is 20.5. The van der Waals surface area contributed by atoms with Crippen molar-refractivity contribution in [3.8, 4) is 0 Å². The molecule has 0 saturated carbocycles. The molecule has 0 amide bonds. The summed E-state index contributed by atoms with van der Waals surface area (Å²) >= 11 is -2.36. The molecule has 0 heterocycles. The van der Waals surface area contributed by atoms with Gasteiger partial charge < -0.3 is 0 Å². The predicted octanol–water partition coefficient (Wildman–Crippen LogP) is 9.55. The molecule has 0 unspecified atom stereocenters. The van der Waals surface area contributed by atoms with E-state index in [0.717, 1.165) is 0 Å². The number of aliphatic hydroxyl groups is 1. The maximum absolute atomic E-state index is 11.5. The van der Waals surface area contributed by atoms with E-state index in [9.17, 15) is 5.11 Å². The summed E-state index contributed by atoms with van der Waals surface area (Å²) in [5.41, 5.74) is 0. The van der Waals surface area contributed by atoms with Crippen molar-refractivity contribution in [2.45, 2.75) is 131 Å². The molecule has 0 bridgehead atoms. The molecule has 4 atom stereocenters. The van der Waals surface area contributed by atoms with E-state index >= 15 is 0 Å². The van der Waals surface area contributed by atoms with E-state index in [2.05, 4.69) is 126 Å². The van der Waals surface area contributed by atoms with E-state index in [4.69, 9.17) is 9.16 Å². The van der Waals surface area contributed by atoms with E-state index in [1.165, 1.54) is 62.2 Å². The molecule has 0 spiro atoms. The van der Waals surface area contributed by atoms with Gasteiger partial charge in [-0.05, 0) is 0 Å². The zero-order valence-electron chi connectivity index (χ0n) is 29.8. The Morgan fingerprint density at radius 2 is 1.25 bits per heavy atom. The molecule has 0 aliphatic rings. The number of benzene rings is 2. The first-order valence-corrected chi connectivity index (χ1v) is 27.3. The summed E-state index contributed by atoms with van der Waals surface area (Å²) in [5, 5.41) is 14.0. The molecule has 0 aromatic heterocycles. The predicted molar refractivity (Wildman–Crippen MR) is 197 cm³/mol. The van der Waals surface area contributed by atoms with Crippen LogP contribution in [0.1, 0.15) is 100 Å². The van der Waals surface area contributed by atoms with Gasteiger partial charge in [0.1, 0.15) is 0 Å². The van der Waals surface area contributed by atoms with Crippen LogP contribution in [0.5, 0.6) is 0 Å². The number of ether oxygens (including phenoxy) is 1. The van der Waals surface area contributed by atoms with Crippen molar-refractivity contribution in [3.05, 3.63) is 70.8 Å². The summed E-state index contributed by atoms with van der Waals surface area (Å²) in [6.07, 6.45) is 10.5. The van der Waals surface area contributed by atoms with Gasteiger partial charge in [-0.15, -0.1) is 0 Å². The fourth-order valence-corrected chi connectivity index (χ4v) is 26.3. The average Bonchev–Trinajstić information content (AvgIpc) is 3.02. The Morgan fingerprint density at radius 3 is 1.64 bits per heavy atom. The fraction of sp³-hybridized carbons (Fsp3) is 0.641. The Morgan fingerprint density at radius 1 is 0.795 bits per heavy atom. The third-order valence-electron chi connectivity index (χ3n) is 9.87. The van der Waals surface area contributed by atoms with Crippen LogP contribution < -0.4 is 10.4 Å². The van der Waals surface area contributed by atoms with E-state index in [1.54, 1.807) is 7.11 Å². The molecule has 1 N–H and O–H groups in total. The first-order valence-electron chi connectivity index (χ1n) is 17.6. The number of methoxy groups -OCH3 is 1. The molecule has 44 heavy (non-hydrogen) atoms. The van der Waals surface area contributed by atoms with Gasteiger partial charge in [0.05, 0.1) is 0 Å². The van der Waals surface area contributed by atoms with Crippen LogP contribution in [-0.4, -0.2) is 57.7 Å². The molecule has 5 heteroatoms.